The molecule has 0 aliphatic carbocycles. The highest BCUT2D eigenvalue weighted by Gasteiger charge is 2.32. The van der Waals surface area contributed by atoms with E-state index in [1.165, 1.54) is 30.3 Å². The second-order valence-corrected chi connectivity index (χ2v) is 6.57. The third-order valence-electron chi connectivity index (χ3n) is 4.34. The fourth-order valence-corrected chi connectivity index (χ4v) is 2.68. The molecule has 0 spiro atoms. The molecule has 0 unspecified atom stereocenters. The number of hydrogen-bond donors (Lipinski definition) is 0. The smallest absolute Gasteiger partial charge is 0.416 e. The molecule has 0 saturated carbocycles. The third-order valence-corrected chi connectivity index (χ3v) is 4.34. The molecule has 0 amide bonds. The van der Waals surface area contributed by atoms with Crippen molar-refractivity contribution in [3.63, 3.8) is 0 Å². The minimum absolute atomic E-state index is 0.0471. The van der Waals surface area contributed by atoms with Crippen molar-refractivity contribution in [3.05, 3.63) is 99.9 Å². The summed E-state index contributed by atoms with van der Waals surface area (Å²) < 4.78 is 78.5. The molecule has 9 heteroatoms. The van der Waals surface area contributed by atoms with Crippen LogP contribution in [0, 0.1) is 29.5 Å². The largest absolute Gasteiger partial charge is 0.489 e. The minimum Gasteiger partial charge on any atom is -0.489 e. The molecule has 3 rings (SSSR count). The molecule has 4 nitrogen and oxygen atoms in total. The lowest BCUT2D eigenvalue weighted by molar-refractivity contribution is -0.137. The van der Waals surface area contributed by atoms with Gasteiger partial charge in [0.15, 0.2) is 5.69 Å². The van der Waals surface area contributed by atoms with Crippen LogP contribution in [0.2, 0.25) is 0 Å². The quantitative estimate of drug-likeness (QED) is 0.319. The topological polar surface area (TPSA) is 46.6 Å². The van der Waals surface area contributed by atoms with Crippen molar-refractivity contribution in [1.29, 1.82) is 5.26 Å². The van der Waals surface area contributed by atoms with Gasteiger partial charge in [-0.1, -0.05) is 18.2 Å². The van der Waals surface area contributed by atoms with Crippen LogP contribution in [0.5, 0.6) is 11.5 Å². The van der Waals surface area contributed by atoms with Crippen LogP contribution >= 0.6 is 0 Å². The molecule has 0 heterocycles. The first-order valence-corrected chi connectivity index (χ1v) is 9.02. The Bertz CT molecular complexity index is 1140. The number of rotatable bonds is 6. The van der Waals surface area contributed by atoms with Crippen LogP contribution in [0.15, 0.2) is 54.6 Å². The second kappa shape index (κ2) is 9.36. The number of alkyl halides is 3. The Morgan fingerprint density at radius 2 is 1.41 bits per heavy atom. The van der Waals surface area contributed by atoms with Crippen molar-refractivity contribution < 1.29 is 31.4 Å². The van der Waals surface area contributed by atoms with E-state index in [0.29, 0.717) is 0 Å². The summed E-state index contributed by atoms with van der Waals surface area (Å²) in [6.07, 6.45) is -4.71. The fourth-order valence-electron chi connectivity index (χ4n) is 2.68. The number of hydrogen-bond acceptors (Lipinski definition) is 3. The first-order chi connectivity index (χ1) is 15.2. The van der Waals surface area contributed by atoms with E-state index in [4.69, 9.17) is 21.3 Å². The van der Waals surface area contributed by atoms with Gasteiger partial charge in [-0.2, -0.15) is 18.4 Å². The van der Waals surface area contributed by atoms with Gasteiger partial charge in [-0.05, 0) is 30.3 Å². The Balaban J connectivity index is 1.81. The van der Waals surface area contributed by atoms with Crippen molar-refractivity contribution in [2.24, 2.45) is 0 Å². The van der Waals surface area contributed by atoms with Gasteiger partial charge in [-0.25, -0.2) is 13.6 Å². The maximum absolute atomic E-state index is 14.0. The van der Waals surface area contributed by atoms with Crippen LogP contribution in [-0.4, -0.2) is 0 Å². The molecule has 0 fully saturated rings. The fraction of sp³-hybridized carbons (Fsp3) is 0.130. The Morgan fingerprint density at radius 1 is 0.844 bits per heavy atom. The number of ether oxygens (including phenoxy) is 2. The molecule has 3 aromatic rings. The van der Waals surface area contributed by atoms with Crippen molar-refractivity contribution in [2.75, 3.05) is 0 Å². The van der Waals surface area contributed by atoms with Crippen LogP contribution < -0.4 is 9.47 Å². The van der Waals surface area contributed by atoms with Crippen LogP contribution in [0.1, 0.15) is 22.3 Å². The molecule has 0 aliphatic rings. The summed E-state index contributed by atoms with van der Waals surface area (Å²) in [5, 5.41) is 8.77. The summed E-state index contributed by atoms with van der Waals surface area (Å²) in [5.41, 5.74) is -0.786. The molecule has 0 saturated heterocycles. The Labute approximate surface area is 179 Å². The Morgan fingerprint density at radius 3 is 1.88 bits per heavy atom. The second-order valence-electron chi connectivity index (χ2n) is 6.57. The molecule has 0 aromatic heterocycles. The number of nitrogens with zero attached hydrogens (tertiary/aromatic N) is 2. The van der Waals surface area contributed by atoms with Crippen molar-refractivity contribution in [1.82, 2.24) is 0 Å². The average molecular weight is 444 g/mol. The lowest BCUT2D eigenvalue weighted by Gasteiger charge is -2.14. The van der Waals surface area contributed by atoms with Gasteiger partial charge < -0.3 is 9.47 Å². The molecule has 162 valence electrons. The Kier molecular flexibility index (Phi) is 6.60. The highest BCUT2D eigenvalue weighted by atomic mass is 19.4. The highest BCUT2D eigenvalue weighted by Crippen LogP contribution is 2.35. The predicted octanol–water partition coefficient (Wildman–Crippen LogP) is 6.56. The van der Waals surface area contributed by atoms with E-state index in [1.54, 1.807) is 6.07 Å². The van der Waals surface area contributed by atoms with Crippen LogP contribution in [-0.2, 0) is 19.4 Å². The zero-order valence-electron chi connectivity index (χ0n) is 16.2. The van der Waals surface area contributed by atoms with Gasteiger partial charge >= 0.3 is 6.18 Å². The first kappa shape index (κ1) is 22.6. The van der Waals surface area contributed by atoms with Crippen LogP contribution in [0.4, 0.5) is 27.6 Å². The van der Waals surface area contributed by atoms with E-state index >= 15 is 0 Å². The zero-order valence-corrected chi connectivity index (χ0v) is 16.2. The molecule has 0 aliphatic heterocycles. The van der Waals surface area contributed by atoms with Crippen LogP contribution in [0.25, 0.3) is 4.85 Å². The standard InChI is InChI=1S/C23H13F5N2O2/c1-30-18-5-4-16(22(25)9-18)13-32-20-8-17(23(26,27)28)7-19(10-20)31-12-15-3-2-14(11-29)6-21(15)24/h2-10H,12-13H2. The van der Waals surface area contributed by atoms with E-state index in [2.05, 4.69) is 4.85 Å². The number of benzene rings is 3. The summed E-state index contributed by atoms with van der Waals surface area (Å²) >= 11 is 0. The maximum Gasteiger partial charge on any atom is 0.416 e. The molecule has 32 heavy (non-hydrogen) atoms. The van der Waals surface area contributed by atoms with E-state index in [1.807, 2.05) is 0 Å². The molecule has 0 radical (unpaired) electrons. The van der Waals surface area contributed by atoms with Crippen molar-refractivity contribution >= 4 is 5.69 Å². The lowest BCUT2D eigenvalue weighted by atomic mass is 10.1. The minimum atomic E-state index is -4.71. The first-order valence-electron chi connectivity index (χ1n) is 9.02. The van der Waals surface area contributed by atoms with Crippen LogP contribution in [0.3, 0.4) is 0 Å². The predicted molar refractivity (Wildman–Crippen MR) is 104 cm³/mol. The van der Waals surface area contributed by atoms with Gasteiger partial charge in [0.25, 0.3) is 0 Å². The van der Waals surface area contributed by atoms with E-state index in [9.17, 15) is 22.0 Å². The molecule has 0 bridgehead atoms. The van der Waals surface area contributed by atoms with Gasteiger partial charge in [-0.3, -0.25) is 0 Å². The zero-order chi connectivity index (χ0) is 23.3. The normalized spacial score (nSPS) is 10.8. The molecular formula is C23H13F5N2O2. The van der Waals surface area contributed by atoms with Crippen molar-refractivity contribution in [2.45, 2.75) is 19.4 Å². The monoisotopic (exact) mass is 444 g/mol. The molecule has 0 atom stereocenters. The van der Waals surface area contributed by atoms with Crippen molar-refractivity contribution in [3.8, 4) is 17.6 Å². The summed E-state index contributed by atoms with van der Waals surface area (Å²) in [6, 6.07) is 11.7. The van der Waals surface area contributed by atoms with E-state index in [-0.39, 0.29) is 47.1 Å². The maximum atomic E-state index is 14.0. The van der Waals surface area contributed by atoms with E-state index in [0.717, 1.165) is 24.3 Å². The average Bonchev–Trinajstić information content (AvgIpc) is 2.76. The summed E-state index contributed by atoms with van der Waals surface area (Å²) in [6.45, 7) is 6.09. The number of nitriles is 1. The van der Waals surface area contributed by atoms with Gasteiger partial charge in [-0.15, -0.1) is 0 Å². The molecule has 3 aromatic carbocycles. The van der Waals surface area contributed by atoms with E-state index < -0.39 is 23.4 Å². The molecule has 0 N–H and O–H groups in total. The Hall–Kier alpha value is -4.11. The number of halogens is 5. The summed E-state index contributed by atoms with van der Waals surface area (Å²) in [7, 11) is 0. The summed E-state index contributed by atoms with van der Waals surface area (Å²) in [5.74, 6) is -1.92. The van der Waals surface area contributed by atoms with Gasteiger partial charge in [0.2, 0.25) is 0 Å². The summed E-state index contributed by atoms with van der Waals surface area (Å²) in [4.78, 5) is 3.09. The van der Waals surface area contributed by atoms with Gasteiger partial charge in [0, 0.05) is 17.2 Å². The van der Waals surface area contributed by atoms with Gasteiger partial charge in [0.1, 0.15) is 36.3 Å². The third kappa shape index (κ3) is 5.52. The molecular weight excluding hydrogens is 431 g/mol. The SMILES string of the molecule is [C-]#[N+]c1ccc(COc2cc(OCc3ccc(C#N)cc3F)cc(C(F)(F)F)c2)c(F)c1. The highest BCUT2D eigenvalue weighted by molar-refractivity contribution is 5.46. The van der Waals surface area contributed by atoms with Gasteiger partial charge in [0.05, 0.1) is 23.8 Å². The lowest BCUT2D eigenvalue weighted by Crippen LogP contribution is -2.07.